The van der Waals surface area contributed by atoms with Gasteiger partial charge < -0.3 is 10.8 Å². The molecule has 1 rings (SSSR count). The maximum absolute atomic E-state index is 12.3. The first-order valence-corrected chi connectivity index (χ1v) is 4.84. The SMILES string of the molecule is Cl.N[C@H](c1cc(Br)cc([N+](=O)[O-])c1O)C(F)F. The van der Waals surface area contributed by atoms with Crippen molar-refractivity contribution >= 4 is 34.0 Å². The summed E-state index contributed by atoms with van der Waals surface area (Å²) < 4.78 is 24.9. The molecule has 3 N–H and O–H groups in total. The molecule has 0 aromatic heterocycles. The van der Waals surface area contributed by atoms with Crippen LogP contribution in [0.5, 0.6) is 5.75 Å². The molecule has 0 aliphatic rings. The van der Waals surface area contributed by atoms with Gasteiger partial charge in [0, 0.05) is 16.1 Å². The lowest BCUT2D eigenvalue weighted by atomic mass is 10.1. The van der Waals surface area contributed by atoms with E-state index >= 15 is 0 Å². The molecule has 5 nitrogen and oxygen atoms in total. The van der Waals surface area contributed by atoms with Crippen molar-refractivity contribution < 1.29 is 18.8 Å². The van der Waals surface area contributed by atoms with Gasteiger partial charge in [0.05, 0.1) is 11.0 Å². The standard InChI is InChI=1S/C8H7BrF2N2O3.ClH/c9-3-1-4(6(12)8(10)11)7(14)5(2-3)13(15)16;/h1-2,6,8,14H,12H2;1H/t6-;/m1./s1. The summed E-state index contributed by atoms with van der Waals surface area (Å²) in [7, 11) is 0. The van der Waals surface area contributed by atoms with Crippen molar-refractivity contribution in [2.75, 3.05) is 0 Å². The van der Waals surface area contributed by atoms with Gasteiger partial charge in [0.1, 0.15) is 0 Å². The van der Waals surface area contributed by atoms with Crippen molar-refractivity contribution in [1.82, 2.24) is 0 Å². The van der Waals surface area contributed by atoms with Gasteiger partial charge in [-0.3, -0.25) is 10.1 Å². The van der Waals surface area contributed by atoms with Gasteiger partial charge in [0.2, 0.25) is 0 Å². The average Bonchev–Trinajstić information content (AvgIpc) is 2.19. The largest absolute Gasteiger partial charge is 0.502 e. The zero-order chi connectivity index (χ0) is 12.5. The van der Waals surface area contributed by atoms with Crippen LogP contribution in [0.2, 0.25) is 0 Å². The number of alkyl halides is 2. The second-order valence-electron chi connectivity index (χ2n) is 2.98. The second kappa shape index (κ2) is 6.08. The molecule has 1 atom stereocenters. The quantitative estimate of drug-likeness (QED) is 0.657. The molecule has 1 aromatic carbocycles. The number of phenols is 1. The molecule has 0 amide bonds. The molecule has 0 saturated heterocycles. The Morgan fingerprint density at radius 2 is 2.00 bits per heavy atom. The summed E-state index contributed by atoms with van der Waals surface area (Å²) in [5.74, 6) is -0.832. The molecule has 0 spiro atoms. The maximum atomic E-state index is 12.3. The molecule has 0 aliphatic heterocycles. The third-order valence-electron chi connectivity index (χ3n) is 1.91. The number of rotatable bonds is 3. The zero-order valence-electron chi connectivity index (χ0n) is 8.14. The fourth-order valence-electron chi connectivity index (χ4n) is 1.13. The lowest BCUT2D eigenvalue weighted by Gasteiger charge is -2.12. The lowest BCUT2D eigenvalue weighted by molar-refractivity contribution is -0.386. The average molecular weight is 334 g/mol. The lowest BCUT2D eigenvalue weighted by Crippen LogP contribution is -2.19. The molecule has 0 fully saturated rings. The van der Waals surface area contributed by atoms with Crippen LogP contribution in [0.1, 0.15) is 11.6 Å². The molecule has 17 heavy (non-hydrogen) atoms. The highest BCUT2D eigenvalue weighted by Crippen LogP contribution is 2.37. The van der Waals surface area contributed by atoms with E-state index in [0.717, 1.165) is 12.1 Å². The number of phenolic OH excluding ortho intramolecular Hbond substituents is 1. The highest BCUT2D eigenvalue weighted by atomic mass is 79.9. The number of aromatic hydroxyl groups is 1. The molecule has 0 heterocycles. The van der Waals surface area contributed by atoms with E-state index in [2.05, 4.69) is 15.9 Å². The molecule has 0 unspecified atom stereocenters. The Morgan fingerprint density at radius 3 is 2.41 bits per heavy atom. The van der Waals surface area contributed by atoms with Crippen molar-refractivity contribution in [2.45, 2.75) is 12.5 Å². The van der Waals surface area contributed by atoms with Gasteiger partial charge in [-0.1, -0.05) is 15.9 Å². The first-order chi connectivity index (χ1) is 7.34. The molecule has 1 aromatic rings. The molecule has 96 valence electrons. The van der Waals surface area contributed by atoms with Gasteiger partial charge in [-0.2, -0.15) is 0 Å². The summed E-state index contributed by atoms with van der Waals surface area (Å²) in [5, 5.41) is 19.9. The van der Waals surface area contributed by atoms with Gasteiger partial charge in [0.25, 0.3) is 6.43 Å². The van der Waals surface area contributed by atoms with Crippen molar-refractivity contribution in [1.29, 1.82) is 0 Å². The number of nitrogens with two attached hydrogens (primary N) is 1. The van der Waals surface area contributed by atoms with E-state index in [1.165, 1.54) is 0 Å². The summed E-state index contributed by atoms with van der Waals surface area (Å²) in [6.07, 6.45) is -2.92. The van der Waals surface area contributed by atoms with Crippen LogP contribution in [0.3, 0.4) is 0 Å². The minimum absolute atomic E-state index is 0. The van der Waals surface area contributed by atoms with E-state index in [4.69, 9.17) is 5.73 Å². The fourth-order valence-corrected chi connectivity index (χ4v) is 1.60. The van der Waals surface area contributed by atoms with Crippen LogP contribution in [0.25, 0.3) is 0 Å². The molecule has 0 radical (unpaired) electrons. The fraction of sp³-hybridized carbons (Fsp3) is 0.250. The number of nitro groups is 1. The summed E-state index contributed by atoms with van der Waals surface area (Å²) in [6, 6.07) is 0.368. The van der Waals surface area contributed by atoms with Crippen molar-refractivity contribution in [3.8, 4) is 5.75 Å². The molecular formula is C8H8BrClF2N2O3. The Morgan fingerprint density at radius 1 is 1.47 bits per heavy atom. The minimum Gasteiger partial charge on any atom is -0.502 e. The van der Waals surface area contributed by atoms with E-state index in [1.807, 2.05) is 0 Å². The Balaban J connectivity index is 0.00000256. The van der Waals surface area contributed by atoms with Gasteiger partial charge in [-0.25, -0.2) is 8.78 Å². The zero-order valence-corrected chi connectivity index (χ0v) is 10.5. The Bertz CT molecular complexity index is 433. The van der Waals surface area contributed by atoms with Gasteiger partial charge in [0.15, 0.2) is 5.75 Å². The van der Waals surface area contributed by atoms with Crippen LogP contribution < -0.4 is 5.73 Å². The van der Waals surface area contributed by atoms with Crippen LogP contribution in [-0.2, 0) is 0 Å². The minimum atomic E-state index is -2.92. The van der Waals surface area contributed by atoms with Crippen molar-refractivity contribution in [3.05, 3.63) is 32.3 Å². The number of hydrogen-bond acceptors (Lipinski definition) is 4. The van der Waals surface area contributed by atoms with Crippen LogP contribution >= 0.6 is 28.3 Å². The topological polar surface area (TPSA) is 89.4 Å². The van der Waals surface area contributed by atoms with Gasteiger partial charge in [-0.05, 0) is 6.07 Å². The predicted octanol–water partition coefficient (Wildman–Crippen LogP) is 2.75. The highest BCUT2D eigenvalue weighted by molar-refractivity contribution is 9.10. The van der Waals surface area contributed by atoms with Crippen molar-refractivity contribution in [3.63, 3.8) is 0 Å². The first kappa shape index (κ1) is 16.0. The summed E-state index contributed by atoms with van der Waals surface area (Å²) in [4.78, 5) is 9.64. The summed E-state index contributed by atoms with van der Waals surface area (Å²) in [5.41, 5.74) is 4.09. The first-order valence-electron chi connectivity index (χ1n) is 4.05. The maximum Gasteiger partial charge on any atom is 0.312 e. The number of benzene rings is 1. The number of halogens is 4. The van der Waals surface area contributed by atoms with Crippen LogP contribution in [0, 0.1) is 10.1 Å². The second-order valence-corrected chi connectivity index (χ2v) is 3.90. The Kier molecular flexibility index (Phi) is 5.73. The van der Waals surface area contributed by atoms with E-state index in [1.54, 1.807) is 0 Å². The normalized spacial score (nSPS) is 12.1. The van der Waals surface area contributed by atoms with Gasteiger partial charge >= 0.3 is 5.69 Å². The van der Waals surface area contributed by atoms with E-state index in [0.29, 0.717) is 0 Å². The van der Waals surface area contributed by atoms with Crippen molar-refractivity contribution in [2.24, 2.45) is 5.73 Å². The smallest absolute Gasteiger partial charge is 0.312 e. The van der Waals surface area contributed by atoms with E-state index < -0.39 is 28.8 Å². The summed E-state index contributed by atoms with van der Waals surface area (Å²) in [6.45, 7) is 0. The third kappa shape index (κ3) is 3.48. The molecular weight excluding hydrogens is 325 g/mol. The van der Waals surface area contributed by atoms with Crippen LogP contribution in [-0.4, -0.2) is 16.5 Å². The summed E-state index contributed by atoms with van der Waals surface area (Å²) >= 11 is 2.92. The molecule has 0 bridgehead atoms. The molecule has 9 heteroatoms. The van der Waals surface area contributed by atoms with Gasteiger partial charge in [-0.15, -0.1) is 12.4 Å². The van der Waals surface area contributed by atoms with Crippen LogP contribution in [0.15, 0.2) is 16.6 Å². The number of nitro benzene ring substituents is 1. The van der Waals surface area contributed by atoms with Crippen LogP contribution in [0.4, 0.5) is 14.5 Å². The van der Waals surface area contributed by atoms with E-state index in [9.17, 15) is 24.0 Å². The third-order valence-corrected chi connectivity index (χ3v) is 2.37. The highest BCUT2D eigenvalue weighted by Gasteiger charge is 2.26. The molecule has 0 saturated carbocycles. The predicted molar refractivity (Wildman–Crippen MR) is 62.6 cm³/mol. The Hall–Kier alpha value is -0.990. The Labute approximate surface area is 109 Å². The molecule has 0 aliphatic carbocycles. The number of nitrogens with zero attached hydrogens (tertiary/aromatic N) is 1. The van der Waals surface area contributed by atoms with E-state index in [-0.39, 0.29) is 22.4 Å². The monoisotopic (exact) mass is 332 g/mol. The number of hydrogen-bond donors (Lipinski definition) is 2.